The number of nitriles is 1. The van der Waals surface area contributed by atoms with Crippen molar-refractivity contribution in [2.24, 2.45) is 0 Å². The van der Waals surface area contributed by atoms with Gasteiger partial charge >= 0.3 is 6.09 Å². The van der Waals surface area contributed by atoms with Gasteiger partial charge in [0.15, 0.2) is 0 Å². The fraction of sp³-hybridized carbons (Fsp3) is 0.606. The zero-order chi connectivity index (χ0) is 32.8. The van der Waals surface area contributed by atoms with Crippen molar-refractivity contribution in [2.45, 2.75) is 102 Å². The first-order valence-corrected chi connectivity index (χ1v) is 16.9. The number of fused-ring (bicyclic) bond motifs is 1. The summed E-state index contributed by atoms with van der Waals surface area (Å²) in [6.07, 6.45) is 4.68. The zero-order valence-electron chi connectivity index (χ0n) is 27.5. The largest absolute Gasteiger partial charge is 0.488 e. The lowest BCUT2D eigenvalue weighted by Crippen LogP contribution is -2.38. The van der Waals surface area contributed by atoms with Crippen LogP contribution in [0.25, 0.3) is 11.5 Å². The van der Waals surface area contributed by atoms with Crippen LogP contribution in [0.1, 0.15) is 88.6 Å². The van der Waals surface area contributed by atoms with Crippen LogP contribution in [-0.4, -0.2) is 81.6 Å². The molecule has 13 heteroatoms. The summed E-state index contributed by atoms with van der Waals surface area (Å²) in [4.78, 5) is 27.4. The molecule has 0 aromatic carbocycles. The summed E-state index contributed by atoms with van der Waals surface area (Å²) in [6, 6.07) is 6.14. The highest BCUT2D eigenvalue weighted by Crippen LogP contribution is 2.48. The molecule has 3 aromatic heterocycles. The number of hydrogen-bond acceptors (Lipinski definition) is 12. The van der Waals surface area contributed by atoms with E-state index >= 15 is 0 Å². The SMILES string of the molecule is C[C@H](Oc1cc(O[C@@H]2CCN(C(=O)OC(C)(C)C)C2)cc(-c2noc([C@@]3(C)CCCc4sc(N)c(C#N)c43)n2)n1)[C@@H]1CCCN1C. The van der Waals surface area contributed by atoms with Crippen molar-refractivity contribution in [3.63, 3.8) is 0 Å². The van der Waals surface area contributed by atoms with Crippen molar-refractivity contribution >= 4 is 22.4 Å². The Labute approximate surface area is 273 Å². The first-order valence-electron chi connectivity index (χ1n) is 16.0. The molecule has 2 aliphatic heterocycles. The van der Waals surface area contributed by atoms with Gasteiger partial charge in [0.05, 0.1) is 17.5 Å². The standard InChI is InChI=1S/C33H43N7O5S/c1-19(24-9-8-13-39(24)6)42-26-16-21(43-20-11-14-40(18-20)31(41)44-32(2,3)4)15-23(36-26)29-37-30(45-38-29)33(5)12-7-10-25-27(33)22(17-34)28(35)46-25/h15-16,19-20,24H,7-14,18,35H2,1-6H3/t19-,20+,24-,33-/m0/s1. The average Bonchev–Trinajstić information content (AvgIpc) is 3.79. The van der Waals surface area contributed by atoms with Gasteiger partial charge in [-0.1, -0.05) is 5.16 Å². The van der Waals surface area contributed by atoms with Crippen molar-refractivity contribution < 1.29 is 23.5 Å². The van der Waals surface area contributed by atoms with Gasteiger partial charge in [0.25, 0.3) is 0 Å². The van der Waals surface area contributed by atoms with Gasteiger partial charge in [-0.2, -0.15) is 10.2 Å². The van der Waals surface area contributed by atoms with Gasteiger partial charge in [-0.3, -0.25) is 4.90 Å². The number of likely N-dealkylation sites (tertiary alicyclic amines) is 2. The van der Waals surface area contributed by atoms with Crippen molar-refractivity contribution in [1.29, 1.82) is 5.26 Å². The summed E-state index contributed by atoms with van der Waals surface area (Å²) in [5.74, 6) is 1.65. The van der Waals surface area contributed by atoms with E-state index in [1.807, 2.05) is 27.7 Å². The molecular formula is C33H43N7O5S. The van der Waals surface area contributed by atoms with E-state index in [9.17, 15) is 10.1 Å². The Hall–Kier alpha value is -3.89. The molecule has 0 spiro atoms. The van der Waals surface area contributed by atoms with E-state index in [0.29, 0.717) is 59.1 Å². The number of hydrogen-bond donors (Lipinski definition) is 1. The summed E-state index contributed by atoms with van der Waals surface area (Å²) in [5.41, 5.74) is 6.84. The molecule has 6 rings (SSSR count). The Bertz CT molecular complexity index is 1640. The second-order valence-electron chi connectivity index (χ2n) is 13.9. The number of nitrogen functional groups attached to an aromatic ring is 1. The molecule has 4 atom stereocenters. The van der Waals surface area contributed by atoms with Gasteiger partial charge in [0, 0.05) is 41.6 Å². The molecule has 1 aliphatic carbocycles. The van der Waals surface area contributed by atoms with Crippen LogP contribution in [0.4, 0.5) is 9.80 Å². The topological polar surface area (TPSA) is 153 Å². The van der Waals surface area contributed by atoms with E-state index in [4.69, 9.17) is 34.4 Å². The second-order valence-corrected chi connectivity index (χ2v) is 15.0. The van der Waals surface area contributed by atoms with Crippen molar-refractivity contribution in [3.05, 3.63) is 34.0 Å². The number of aromatic nitrogens is 3. The molecule has 5 heterocycles. The van der Waals surface area contributed by atoms with Gasteiger partial charge < -0.3 is 29.4 Å². The van der Waals surface area contributed by atoms with Gasteiger partial charge in [-0.25, -0.2) is 9.78 Å². The molecule has 3 aromatic rings. The summed E-state index contributed by atoms with van der Waals surface area (Å²) in [7, 11) is 2.11. The summed E-state index contributed by atoms with van der Waals surface area (Å²) in [6.45, 7) is 11.6. The number of aryl methyl sites for hydroxylation is 1. The molecule has 246 valence electrons. The highest BCUT2D eigenvalue weighted by atomic mass is 32.1. The number of pyridine rings is 1. The molecule has 12 nitrogen and oxygen atoms in total. The lowest BCUT2D eigenvalue weighted by Gasteiger charge is -2.30. The van der Waals surface area contributed by atoms with Crippen LogP contribution in [0.3, 0.4) is 0 Å². The van der Waals surface area contributed by atoms with E-state index < -0.39 is 11.0 Å². The van der Waals surface area contributed by atoms with Crippen LogP contribution < -0.4 is 15.2 Å². The normalized spacial score (nSPS) is 24.0. The molecule has 0 radical (unpaired) electrons. The molecule has 0 saturated carbocycles. The summed E-state index contributed by atoms with van der Waals surface area (Å²) < 4.78 is 24.3. The smallest absolute Gasteiger partial charge is 0.410 e. The third-order valence-corrected chi connectivity index (χ3v) is 10.3. The lowest BCUT2D eigenvalue weighted by atomic mass is 9.72. The van der Waals surface area contributed by atoms with Crippen LogP contribution >= 0.6 is 11.3 Å². The Kier molecular flexibility index (Phi) is 8.63. The maximum atomic E-state index is 12.7. The highest BCUT2D eigenvalue weighted by molar-refractivity contribution is 7.16. The first kappa shape index (κ1) is 32.1. The minimum Gasteiger partial charge on any atom is -0.488 e. The van der Waals surface area contributed by atoms with Crippen LogP contribution in [0, 0.1) is 11.3 Å². The fourth-order valence-corrected chi connectivity index (χ4v) is 8.08. The van der Waals surface area contributed by atoms with Gasteiger partial charge in [-0.05, 0) is 80.3 Å². The number of ether oxygens (including phenoxy) is 3. The Balaban J connectivity index is 1.29. The van der Waals surface area contributed by atoms with E-state index in [-0.39, 0.29) is 24.3 Å². The van der Waals surface area contributed by atoms with Crippen molar-refractivity contribution in [2.75, 3.05) is 32.4 Å². The number of carbonyl (C=O) groups excluding carboxylic acids is 1. The molecule has 2 fully saturated rings. The number of nitrogens with zero attached hydrogens (tertiary/aromatic N) is 6. The quantitative estimate of drug-likeness (QED) is 0.343. The number of rotatable bonds is 7. The molecule has 46 heavy (non-hydrogen) atoms. The zero-order valence-corrected chi connectivity index (χ0v) is 28.3. The van der Waals surface area contributed by atoms with Crippen LogP contribution in [0.15, 0.2) is 16.7 Å². The molecular weight excluding hydrogens is 606 g/mol. The molecule has 3 aliphatic rings. The van der Waals surface area contributed by atoms with Crippen LogP contribution in [0.5, 0.6) is 11.6 Å². The number of thiophene rings is 1. The Morgan fingerprint density at radius 3 is 2.76 bits per heavy atom. The minimum absolute atomic E-state index is 0.105. The fourth-order valence-electron chi connectivity index (χ4n) is 6.89. The van der Waals surface area contributed by atoms with Gasteiger partial charge in [-0.15, -0.1) is 11.3 Å². The predicted octanol–water partition coefficient (Wildman–Crippen LogP) is 5.54. The monoisotopic (exact) mass is 649 g/mol. The second kappa shape index (κ2) is 12.4. The van der Waals surface area contributed by atoms with Crippen molar-refractivity contribution in [1.82, 2.24) is 24.9 Å². The number of likely N-dealkylation sites (N-methyl/N-ethyl adjacent to an activating group) is 1. The maximum absolute atomic E-state index is 12.7. The predicted molar refractivity (Wildman–Crippen MR) is 173 cm³/mol. The van der Waals surface area contributed by atoms with Crippen LogP contribution in [-0.2, 0) is 16.6 Å². The van der Waals surface area contributed by atoms with E-state index in [0.717, 1.165) is 49.1 Å². The number of anilines is 1. The Morgan fingerprint density at radius 1 is 1.24 bits per heavy atom. The number of carbonyl (C=O) groups is 1. The molecule has 0 bridgehead atoms. The van der Waals surface area contributed by atoms with Gasteiger partial charge in [0.1, 0.15) is 40.3 Å². The third-order valence-electron chi connectivity index (χ3n) is 9.18. The number of nitrogens with two attached hydrogens (primary N) is 1. The number of amides is 1. The maximum Gasteiger partial charge on any atom is 0.410 e. The summed E-state index contributed by atoms with van der Waals surface area (Å²) >= 11 is 1.47. The van der Waals surface area contributed by atoms with E-state index in [1.165, 1.54) is 11.3 Å². The molecule has 2 N–H and O–H groups in total. The molecule has 1 amide bonds. The first-order chi connectivity index (χ1) is 21.8. The van der Waals surface area contributed by atoms with Crippen LogP contribution in [0.2, 0.25) is 0 Å². The third kappa shape index (κ3) is 6.37. The van der Waals surface area contributed by atoms with Gasteiger partial charge in [0.2, 0.25) is 17.6 Å². The average molecular weight is 650 g/mol. The molecule has 2 saturated heterocycles. The van der Waals surface area contributed by atoms with E-state index in [1.54, 1.807) is 17.0 Å². The molecule has 0 unspecified atom stereocenters. The lowest BCUT2D eigenvalue weighted by molar-refractivity contribution is 0.0275. The summed E-state index contributed by atoms with van der Waals surface area (Å²) in [5, 5.41) is 14.8. The van der Waals surface area contributed by atoms with E-state index in [2.05, 4.69) is 30.1 Å². The highest BCUT2D eigenvalue weighted by Gasteiger charge is 2.43. The van der Waals surface area contributed by atoms with Crippen molar-refractivity contribution in [3.8, 4) is 29.2 Å². The minimum atomic E-state index is -0.651. The Morgan fingerprint density at radius 2 is 2.04 bits per heavy atom.